The molecule has 78 valence electrons. The van der Waals surface area contributed by atoms with Crippen LogP contribution in [0.15, 0.2) is 17.0 Å². The van der Waals surface area contributed by atoms with Gasteiger partial charge in [-0.2, -0.15) is 4.98 Å². The Bertz CT molecular complexity index is 448. The number of imidazole rings is 1. The lowest BCUT2D eigenvalue weighted by Crippen LogP contribution is -2.06. The van der Waals surface area contributed by atoms with E-state index in [1.165, 1.54) is 12.5 Å². The second-order valence-electron chi connectivity index (χ2n) is 2.61. The van der Waals surface area contributed by atoms with Gasteiger partial charge >= 0.3 is 5.97 Å². The molecule has 15 heavy (non-hydrogen) atoms. The fourth-order valence-electron chi connectivity index (χ4n) is 0.984. The summed E-state index contributed by atoms with van der Waals surface area (Å²) in [5, 5.41) is 3.48. The lowest BCUT2D eigenvalue weighted by Gasteiger charge is -1.93. The predicted octanol–water partition coefficient (Wildman–Crippen LogP) is 0.636. The number of nitrogens with one attached hydrogen (secondary N) is 1. The number of ether oxygens (including phenoxy) is 1. The molecule has 2 heterocycles. The molecule has 0 aromatic carbocycles. The fraction of sp³-hybridized carbons (Fsp3) is 0.250. The topological polar surface area (TPSA) is 93.9 Å². The minimum Gasteiger partial charge on any atom is -0.460 e. The van der Waals surface area contributed by atoms with E-state index < -0.39 is 5.97 Å². The van der Waals surface area contributed by atoms with Crippen LogP contribution in [0.1, 0.15) is 17.5 Å². The van der Waals surface area contributed by atoms with Crippen LogP contribution < -0.4 is 0 Å². The zero-order valence-electron chi connectivity index (χ0n) is 7.93. The van der Waals surface area contributed by atoms with E-state index in [0.717, 1.165) is 0 Å². The van der Waals surface area contributed by atoms with E-state index in [1.54, 1.807) is 6.92 Å². The molecule has 0 aliphatic rings. The number of nitrogens with zero attached hydrogens (tertiary/aromatic N) is 3. The maximum Gasteiger partial charge on any atom is 0.379 e. The molecule has 2 rings (SSSR count). The second kappa shape index (κ2) is 3.91. The predicted molar refractivity (Wildman–Crippen MR) is 47.8 cm³/mol. The van der Waals surface area contributed by atoms with E-state index in [1.807, 2.05) is 0 Å². The Balaban J connectivity index is 2.21. The molecule has 0 unspecified atom stereocenters. The van der Waals surface area contributed by atoms with Crippen molar-refractivity contribution in [3.8, 4) is 11.6 Å². The summed E-state index contributed by atoms with van der Waals surface area (Å²) in [5.41, 5.74) is 0.554. The van der Waals surface area contributed by atoms with Gasteiger partial charge in [0.2, 0.25) is 0 Å². The molecular formula is C8H8N4O3. The highest BCUT2D eigenvalue weighted by molar-refractivity contribution is 5.85. The average Bonchev–Trinajstić information content (AvgIpc) is 2.89. The highest BCUT2D eigenvalue weighted by atomic mass is 16.5. The van der Waals surface area contributed by atoms with E-state index in [4.69, 9.17) is 9.26 Å². The monoisotopic (exact) mass is 208 g/mol. The van der Waals surface area contributed by atoms with E-state index in [0.29, 0.717) is 5.69 Å². The van der Waals surface area contributed by atoms with Gasteiger partial charge in [0, 0.05) is 0 Å². The highest BCUT2D eigenvalue weighted by Gasteiger charge is 2.16. The number of esters is 1. The number of hydrogen-bond acceptors (Lipinski definition) is 6. The number of H-pyrrole nitrogens is 1. The van der Waals surface area contributed by atoms with Crippen LogP contribution >= 0.6 is 0 Å². The van der Waals surface area contributed by atoms with Crippen LogP contribution in [0.2, 0.25) is 0 Å². The van der Waals surface area contributed by atoms with Gasteiger partial charge < -0.3 is 14.2 Å². The number of aromatic amines is 1. The van der Waals surface area contributed by atoms with Crippen LogP contribution in [0.3, 0.4) is 0 Å². The van der Waals surface area contributed by atoms with Gasteiger partial charge in [-0.3, -0.25) is 0 Å². The molecule has 0 radical (unpaired) electrons. The summed E-state index contributed by atoms with van der Waals surface area (Å²) < 4.78 is 9.55. The molecule has 7 heteroatoms. The molecule has 0 atom stereocenters. The van der Waals surface area contributed by atoms with Crippen molar-refractivity contribution >= 4 is 5.97 Å². The Morgan fingerprint density at radius 3 is 3.20 bits per heavy atom. The third-order valence-corrected chi connectivity index (χ3v) is 1.61. The molecular weight excluding hydrogens is 200 g/mol. The van der Waals surface area contributed by atoms with Crippen molar-refractivity contribution in [3.05, 3.63) is 18.3 Å². The van der Waals surface area contributed by atoms with Crippen LogP contribution in [0, 0.1) is 0 Å². The molecule has 0 saturated heterocycles. The summed E-state index contributed by atoms with van der Waals surface area (Å²) in [5.74, 6) is -0.496. The standard InChI is InChI=1S/C8H8N4O3/c1-2-14-8(13)6-11-7(15-12-6)5-3-9-4-10-5/h3-4H,2H2,1H3,(H,9,10). The van der Waals surface area contributed by atoms with Gasteiger partial charge in [0.25, 0.3) is 11.7 Å². The molecule has 2 aromatic rings. The third-order valence-electron chi connectivity index (χ3n) is 1.61. The average molecular weight is 208 g/mol. The third kappa shape index (κ3) is 1.85. The maximum atomic E-state index is 11.2. The van der Waals surface area contributed by atoms with Gasteiger partial charge in [-0.15, -0.1) is 0 Å². The number of hydrogen-bond donors (Lipinski definition) is 1. The molecule has 7 nitrogen and oxygen atoms in total. The Kier molecular flexibility index (Phi) is 2.44. The quantitative estimate of drug-likeness (QED) is 0.743. The van der Waals surface area contributed by atoms with Crippen LogP contribution in [0.4, 0.5) is 0 Å². The smallest absolute Gasteiger partial charge is 0.379 e. The zero-order chi connectivity index (χ0) is 10.7. The largest absolute Gasteiger partial charge is 0.460 e. The van der Waals surface area contributed by atoms with Crippen molar-refractivity contribution < 1.29 is 14.1 Å². The van der Waals surface area contributed by atoms with Gasteiger partial charge in [0.1, 0.15) is 5.69 Å². The van der Waals surface area contributed by atoms with Crippen LogP contribution in [-0.2, 0) is 4.74 Å². The Morgan fingerprint density at radius 2 is 2.53 bits per heavy atom. The Labute approximate surface area is 84.5 Å². The summed E-state index contributed by atoms with van der Waals surface area (Å²) >= 11 is 0. The first-order valence-corrected chi connectivity index (χ1v) is 4.31. The molecule has 2 aromatic heterocycles. The Morgan fingerprint density at radius 1 is 1.67 bits per heavy atom. The number of carbonyl (C=O) groups is 1. The van der Waals surface area contributed by atoms with Gasteiger partial charge in [-0.05, 0) is 12.1 Å². The minimum absolute atomic E-state index is 0.0959. The van der Waals surface area contributed by atoms with Crippen molar-refractivity contribution in [2.75, 3.05) is 6.61 Å². The molecule has 0 spiro atoms. The molecule has 0 fully saturated rings. The summed E-state index contributed by atoms with van der Waals surface area (Å²) in [7, 11) is 0. The van der Waals surface area contributed by atoms with Crippen molar-refractivity contribution in [2.45, 2.75) is 6.92 Å². The van der Waals surface area contributed by atoms with Gasteiger partial charge in [-0.1, -0.05) is 0 Å². The molecule has 0 amide bonds. The van der Waals surface area contributed by atoms with Crippen LogP contribution in [-0.4, -0.2) is 32.7 Å². The van der Waals surface area contributed by atoms with E-state index in [2.05, 4.69) is 20.1 Å². The lowest BCUT2D eigenvalue weighted by molar-refractivity contribution is 0.0508. The van der Waals surface area contributed by atoms with Crippen molar-refractivity contribution in [3.63, 3.8) is 0 Å². The fourth-order valence-corrected chi connectivity index (χ4v) is 0.984. The van der Waals surface area contributed by atoms with Crippen molar-refractivity contribution in [2.24, 2.45) is 0 Å². The van der Waals surface area contributed by atoms with Crippen molar-refractivity contribution in [1.82, 2.24) is 20.1 Å². The van der Waals surface area contributed by atoms with Gasteiger partial charge in [0.05, 0.1) is 19.1 Å². The van der Waals surface area contributed by atoms with E-state index >= 15 is 0 Å². The SMILES string of the molecule is CCOC(=O)c1noc(-c2cnc[nH]2)n1. The maximum absolute atomic E-state index is 11.2. The summed E-state index contributed by atoms with van der Waals surface area (Å²) in [6.07, 6.45) is 2.99. The first kappa shape index (κ1) is 9.38. The van der Waals surface area contributed by atoms with Crippen LogP contribution in [0.5, 0.6) is 0 Å². The van der Waals surface area contributed by atoms with Crippen molar-refractivity contribution in [1.29, 1.82) is 0 Å². The molecule has 0 bridgehead atoms. The Hall–Kier alpha value is -2.18. The summed E-state index contributed by atoms with van der Waals surface area (Å²) in [4.78, 5) is 21.6. The summed E-state index contributed by atoms with van der Waals surface area (Å²) in [6, 6.07) is 0. The molecule has 0 aliphatic heterocycles. The van der Waals surface area contributed by atoms with E-state index in [-0.39, 0.29) is 18.3 Å². The first-order chi connectivity index (χ1) is 7.31. The first-order valence-electron chi connectivity index (χ1n) is 4.31. The van der Waals surface area contributed by atoms with Gasteiger partial charge in [-0.25, -0.2) is 9.78 Å². The second-order valence-corrected chi connectivity index (χ2v) is 2.61. The molecule has 0 aliphatic carbocycles. The number of carbonyl (C=O) groups excluding carboxylic acids is 1. The molecule has 1 N–H and O–H groups in total. The van der Waals surface area contributed by atoms with Gasteiger partial charge in [0.15, 0.2) is 0 Å². The number of rotatable bonds is 3. The minimum atomic E-state index is -0.605. The summed E-state index contributed by atoms with van der Waals surface area (Å²) in [6.45, 7) is 1.97. The zero-order valence-corrected chi connectivity index (χ0v) is 7.93. The molecule has 0 saturated carbocycles. The highest BCUT2D eigenvalue weighted by Crippen LogP contribution is 2.12. The van der Waals surface area contributed by atoms with E-state index in [9.17, 15) is 4.79 Å². The van der Waals surface area contributed by atoms with Crippen LogP contribution in [0.25, 0.3) is 11.6 Å². The normalized spacial score (nSPS) is 10.2. The number of aromatic nitrogens is 4. The lowest BCUT2D eigenvalue weighted by atomic mass is 10.5.